The molecule has 1 aliphatic rings. The molecule has 1 atom stereocenters. The maximum Gasteiger partial charge on any atom is 0.293 e. The quantitative estimate of drug-likeness (QED) is 0.757. The van der Waals surface area contributed by atoms with Crippen molar-refractivity contribution in [2.24, 2.45) is 5.92 Å². The van der Waals surface area contributed by atoms with Gasteiger partial charge in [0.2, 0.25) is 0 Å². The minimum absolute atomic E-state index is 0.0804. The number of aromatic nitrogens is 3. The molecule has 0 bridgehead atoms. The summed E-state index contributed by atoms with van der Waals surface area (Å²) in [5, 5.41) is 7.61. The van der Waals surface area contributed by atoms with Crippen molar-refractivity contribution in [3.8, 4) is 0 Å². The van der Waals surface area contributed by atoms with Crippen molar-refractivity contribution in [3.63, 3.8) is 0 Å². The smallest absolute Gasteiger partial charge is 0.246 e. The molecule has 96 valence electrons. The Morgan fingerprint density at radius 2 is 2.06 bits per heavy atom. The van der Waals surface area contributed by atoms with Gasteiger partial charge in [-0.3, -0.25) is 0 Å². The maximum absolute atomic E-state index is 14.0. The number of rotatable bonds is 1. The van der Waals surface area contributed by atoms with Crippen molar-refractivity contribution in [2.75, 3.05) is 0 Å². The van der Waals surface area contributed by atoms with Gasteiger partial charge < -0.3 is 0 Å². The third kappa shape index (κ3) is 2.33. The molecule has 0 amide bonds. The van der Waals surface area contributed by atoms with Gasteiger partial charge >= 0.3 is 0 Å². The van der Waals surface area contributed by atoms with Gasteiger partial charge in [-0.2, -0.15) is 8.78 Å². The fourth-order valence-corrected chi connectivity index (χ4v) is 2.32. The molecule has 0 spiro atoms. The third-order valence-electron chi connectivity index (χ3n) is 3.45. The number of alkyl halides is 2. The van der Waals surface area contributed by atoms with Gasteiger partial charge in [0.15, 0.2) is 5.69 Å². The van der Waals surface area contributed by atoms with Crippen molar-refractivity contribution in [2.45, 2.75) is 58.4 Å². The van der Waals surface area contributed by atoms with Crippen molar-refractivity contribution in [1.82, 2.24) is 15.0 Å². The summed E-state index contributed by atoms with van der Waals surface area (Å²) in [5.74, 6) is -2.48. The molecule has 0 saturated heterocycles. The molecule has 17 heavy (non-hydrogen) atoms. The summed E-state index contributed by atoms with van der Waals surface area (Å²) in [5.41, 5.74) is 0.523. The Morgan fingerprint density at radius 3 is 2.71 bits per heavy atom. The molecule has 1 aromatic heterocycles. The Labute approximate surface area is 100 Å². The Kier molecular flexibility index (Phi) is 3.19. The van der Waals surface area contributed by atoms with Crippen molar-refractivity contribution in [3.05, 3.63) is 11.4 Å². The monoisotopic (exact) mass is 243 g/mol. The molecule has 0 aromatic carbocycles. The van der Waals surface area contributed by atoms with E-state index in [0.29, 0.717) is 24.5 Å². The molecular formula is C12H19F2N3. The number of nitrogens with zero attached hydrogens (tertiary/aromatic N) is 3. The first-order chi connectivity index (χ1) is 7.92. The van der Waals surface area contributed by atoms with Crippen LogP contribution in [0.5, 0.6) is 0 Å². The van der Waals surface area contributed by atoms with Crippen LogP contribution in [0.25, 0.3) is 0 Å². The van der Waals surface area contributed by atoms with E-state index in [9.17, 15) is 8.78 Å². The van der Waals surface area contributed by atoms with E-state index in [4.69, 9.17) is 0 Å². The van der Waals surface area contributed by atoms with Crippen LogP contribution in [-0.2, 0) is 12.3 Å². The van der Waals surface area contributed by atoms with Gasteiger partial charge in [-0.05, 0) is 39.0 Å². The van der Waals surface area contributed by atoms with Gasteiger partial charge in [-0.25, -0.2) is 4.68 Å². The number of hydrogen-bond donors (Lipinski definition) is 0. The summed E-state index contributed by atoms with van der Waals surface area (Å²) in [6.07, 6.45) is 2.03. The maximum atomic E-state index is 14.0. The molecule has 5 heteroatoms. The van der Waals surface area contributed by atoms with E-state index in [-0.39, 0.29) is 18.2 Å². The normalized spacial score (nSPS) is 24.2. The van der Waals surface area contributed by atoms with Crippen LogP contribution in [-0.4, -0.2) is 15.0 Å². The van der Waals surface area contributed by atoms with E-state index < -0.39 is 5.92 Å². The van der Waals surface area contributed by atoms with Crippen LogP contribution >= 0.6 is 0 Å². The molecule has 0 radical (unpaired) electrons. The molecule has 1 aliphatic carbocycles. The average molecular weight is 243 g/mol. The molecule has 0 saturated carbocycles. The first kappa shape index (κ1) is 12.5. The first-order valence-electron chi connectivity index (χ1n) is 6.24. The van der Waals surface area contributed by atoms with E-state index >= 15 is 0 Å². The minimum atomic E-state index is -2.82. The molecule has 2 rings (SSSR count). The van der Waals surface area contributed by atoms with Gasteiger partial charge in [0.1, 0.15) is 0 Å². The number of halogens is 2. The lowest BCUT2D eigenvalue weighted by Crippen LogP contribution is -2.22. The zero-order chi connectivity index (χ0) is 12.6. The molecule has 0 fully saturated rings. The summed E-state index contributed by atoms with van der Waals surface area (Å²) in [6.45, 7) is 5.91. The lowest BCUT2D eigenvalue weighted by Gasteiger charge is -2.22. The van der Waals surface area contributed by atoms with Crippen LogP contribution in [0, 0.1) is 5.92 Å². The molecule has 1 aromatic rings. The molecule has 1 unspecified atom stereocenters. The molecule has 0 aliphatic heterocycles. The van der Waals surface area contributed by atoms with Gasteiger partial charge in [0.05, 0.1) is 5.69 Å². The second-order valence-corrected chi connectivity index (χ2v) is 5.31. The topological polar surface area (TPSA) is 30.7 Å². The lowest BCUT2D eigenvalue weighted by molar-refractivity contribution is -0.0262. The minimum Gasteiger partial charge on any atom is -0.246 e. The Bertz CT molecular complexity index is 398. The highest BCUT2D eigenvalue weighted by molar-refractivity contribution is 5.17. The van der Waals surface area contributed by atoms with Crippen LogP contribution < -0.4 is 0 Å². The van der Waals surface area contributed by atoms with Crippen molar-refractivity contribution < 1.29 is 8.78 Å². The zero-order valence-electron chi connectivity index (χ0n) is 10.6. The highest BCUT2D eigenvalue weighted by atomic mass is 19.3. The SMILES string of the molecule is CC1CCc2c(nnn2C(C)C)C(F)(F)CC1. The summed E-state index contributed by atoms with van der Waals surface area (Å²) < 4.78 is 29.6. The molecular weight excluding hydrogens is 224 g/mol. The molecule has 3 nitrogen and oxygen atoms in total. The van der Waals surface area contributed by atoms with E-state index in [0.717, 1.165) is 6.42 Å². The zero-order valence-corrected chi connectivity index (χ0v) is 10.6. The molecule has 0 N–H and O–H groups in total. The highest BCUT2D eigenvalue weighted by Crippen LogP contribution is 2.38. The van der Waals surface area contributed by atoms with Crippen LogP contribution in [0.1, 0.15) is 57.5 Å². The second kappa shape index (κ2) is 4.35. The van der Waals surface area contributed by atoms with Crippen LogP contribution in [0.3, 0.4) is 0 Å². The third-order valence-corrected chi connectivity index (χ3v) is 3.45. The highest BCUT2D eigenvalue weighted by Gasteiger charge is 2.39. The van der Waals surface area contributed by atoms with Gasteiger partial charge in [-0.15, -0.1) is 5.10 Å². The largest absolute Gasteiger partial charge is 0.293 e. The first-order valence-corrected chi connectivity index (χ1v) is 6.24. The van der Waals surface area contributed by atoms with Crippen LogP contribution in [0.4, 0.5) is 8.78 Å². The van der Waals surface area contributed by atoms with Gasteiger partial charge in [-0.1, -0.05) is 12.1 Å². The standard InChI is InChI=1S/C12H19F2N3/c1-8(2)17-10-5-4-9(3)6-7-12(13,14)11(10)15-16-17/h8-9H,4-7H2,1-3H3. The predicted octanol–water partition coefficient (Wildman–Crippen LogP) is 3.31. The Balaban J connectivity index is 2.43. The van der Waals surface area contributed by atoms with Crippen molar-refractivity contribution >= 4 is 0 Å². The summed E-state index contributed by atoms with van der Waals surface area (Å²) in [6, 6.07) is 0.0804. The number of hydrogen-bond acceptors (Lipinski definition) is 2. The molecule has 1 heterocycles. The second-order valence-electron chi connectivity index (χ2n) is 5.31. The fourth-order valence-electron chi connectivity index (χ4n) is 2.32. The lowest BCUT2D eigenvalue weighted by atomic mass is 9.91. The average Bonchev–Trinajstić information content (AvgIpc) is 2.66. The van der Waals surface area contributed by atoms with Crippen LogP contribution in [0.2, 0.25) is 0 Å². The van der Waals surface area contributed by atoms with E-state index in [1.165, 1.54) is 0 Å². The van der Waals surface area contributed by atoms with Crippen molar-refractivity contribution in [1.29, 1.82) is 0 Å². The Morgan fingerprint density at radius 1 is 1.35 bits per heavy atom. The summed E-state index contributed by atoms with van der Waals surface area (Å²) in [4.78, 5) is 0. The fraction of sp³-hybridized carbons (Fsp3) is 0.833. The van der Waals surface area contributed by atoms with E-state index in [2.05, 4.69) is 10.3 Å². The van der Waals surface area contributed by atoms with E-state index in [1.54, 1.807) is 4.68 Å². The van der Waals surface area contributed by atoms with Crippen LogP contribution in [0.15, 0.2) is 0 Å². The van der Waals surface area contributed by atoms with Gasteiger partial charge in [0.25, 0.3) is 5.92 Å². The van der Waals surface area contributed by atoms with E-state index in [1.807, 2.05) is 20.8 Å². The number of fused-ring (bicyclic) bond motifs is 1. The summed E-state index contributed by atoms with van der Waals surface area (Å²) >= 11 is 0. The summed E-state index contributed by atoms with van der Waals surface area (Å²) in [7, 11) is 0. The Hall–Kier alpha value is -1.00. The van der Waals surface area contributed by atoms with Gasteiger partial charge in [0, 0.05) is 12.5 Å². The predicted molar refractivity (Wildman–Crippen MR) is 61.0 cm³/mol.